The van der Waals surface area contributed by atoms with Crippen LogP contribution in [0, 0.1) is 28.1 Å². The van der Waals surface area contributed by atoms with E-state index in [1.165, 1.54) is 36.8 Å². The minimum absolute atomic E-state index is 0.0155. The van der Waals surface area contributed by atoms with Crippen LogP contribution in [-0.2, 0) is 12.8 Å². The highest BCUT2D eigenvalue weighted by molar-refractivity contribution is 5.27. The van der Waals surface area contributed by atoms with Crippen molar-refractivity contribution in [2.45, 2.75) is 58.9 Å². The first-order valence-corrected chi connectivity index (χ1v) is 8.49. The van der Waals surface area contributed by atoms with Crippen molar-refractivity contribution >= 4 is 0 Å². The quantitative estimate of drug-likeness (QED) is 0.676. The Labute approximate surface area is 128 Å². The van der Waals surface area contributed by atoms with E-state index in [0.29, 0.717) is 11.3 Å². The molecule has 4 unspecified atom stereocenters. The molecular weight excluding hydrogens is 258 g/mol. The zero-order valence-electron chi connectivity index (χ0n) is 13.5. The van der Waals surface area contributed by atoms with E-state index in [9.17, 15) is 4.91 Å². The SMILES string of the molecule is CCc1ccccc1CCC1CC2C(C(C)N=O)[C@@]2(C)C1. The third-order valence-corrected chi connectivity index (χ3v) is 6.26. The number of rotatable bonds is 6. The molecule has 0 saturated heterocycles. The van der Waals surface area contributed by atoms with Crippen molar-refractivity contribution < 1.29 is 0 Å². The van der Waals surface area contributed by atoms with Gasteiger partial charge in [0.05, 0.1) is 6.04 Å². The molecule has 0 amide bonds. The van der Waals surface area contributed by atoms with Gasteiger partial charge in [-0.15, -0.1) is 0 Å². The minimum atomic E-state index is 0.0155. The largest absolute Gasteiger partial charge is 0.151 e. The Morgan fingerprint density at radius 3 is 2.62 bits per heavy atom. The van der Waals surface area contributed by atoms with Crippen molar-refractivity contribution in [3.05, 3.63) is 40.3 Å². The molecule has 1 aromatic rings. The molecule has 2 saturated carbocycles. The van der Waals surface area contributed by atoms with Crippen LogP contribution < -0.4 is 0 Å². The Hall–Kier alpha value is -1.18. The van der Waals surface area contributed by atoms with Crippen LogP contribution in [0.25, 0.3) is 0 Å². The highest BCUT2D eigenvalue weighted by Crippen LogP contribution is 2.71. The second-order valence-electron chi connectivity index (χ2n) is 7.45. The zero-order valence-corrected chi connectivity index (χ0v) is 13.5. The number of fused-ring (bicyclic) bond motifs is 1. The Bertz CT molecular complexity index is 526. The fourth-order valence-electron chi connectivity index (χ4n) is 5.15. The van der Waals surface area contributed by atoms with Crippen molar-refractivity contribution in [3.8, 4) is 0 Å². The third-order valence-electron chi connectivity index (χ3n) is 6.26. The first-order chi connectivity index (χ1) is 10.1. The summed E-state index contributed by atoms with van der Waals surface area (Å²) in [6.45, 7) is 6.61. The highest BCUT2D eigenvalue weighted by Gasteiger charge is 2.67. The van der Waals surface area contributed by atoms with Gasteiger partial charge in [-0.2, -0.15) is 4.91 Å². The summed E-state index contributed by atoms with van der Waals surface area (Å²) in [5.74, 6) is 2.17. The smallest absolute Gasteiger partial charge is 0.0927 e. The van der Waals surface area contributed by atoms with Gasteiger partial charge in [-0.05, 0) is 73.3 Å². The van der Waals surface area contributed by atoms with Crippen molar-refractivity contribution in [2.24, 2.45) is 28.3 Å². The van der Waals surface area contributed by atoms with Crippen molar-refractivity contribution in [3.63, 3.8) is 0 Å². The Morgan fingerprint density at radius 1 is 1.33 bits per heavy atom. The third kappa shape index (κ3) is 2.54. The topological polar surface area (TPSA) is 29.4 Å². The lowest BCUT2D eigenvalue weighted by Crippen LogP contribution is -2.13. The van der Waals surface area contributed by atoms with E-state index in [-0.39, 0.29) is 6.04 Å². The van der Waals surface area contributed by atoms with Crippen LogP contribution in [-0.4, -0.2) is 6.04 Å². The first-order valence-electron chi connectivity index (χ1n) is 8.49. The van der Waals surface area contributed by atoms with Gasteiger partial charge in [-0.1, -0.05) is 43.3 Å². The van der Waals surface area contributed by atoms with Gasteiger partial charge in [0, 0.05) is 0 Å². The fraction of sp³-hybridized carbons (Fsp3) is 0.684. The molecule has 2 aliphatic rings. The summed E-state index contributed by atoms with van der Waals surface area (Å²) in [6, 6.07) is 8.87. The predicted octanol–water partition coefficient (Wildman–Crippen LogP) is 5.00. The lowest BCUT2D eigenvalue weighted by molar-refractivity contribution is 0.346. The van der Waals surface area contributed by atoms with E-state index >= 15 is 0 Å². The summed E-state index contributed by atoms with van der Waals surface area (Å²) in [5, 5.41) is 3.27. The van der Waals surface area contributed by atoms with Crippen molar-refractivity contribution in [2.75, 3.05) is 0 Å². The van der Waals surface area contributed by atoms with Gasteiger partial charge in [-0.3, -0.25) is 0 Å². The molecule has 2 aliphatic carbocycles. The molecule has 21 heavy (non-hydrogen) atoms. The molecule has 2 heteroatoms. The summed E-state index contributed by atoms with van der Waals surface area (Å²) in [6.07, 6.45) is 6.26. The predicted molar refractivity (Wildman–Crippen MR) is 87.2 cm³/mol. The average molecular weight is 285 g/mol. The number of benzene rings is 1. The van der Waals surface area contributed by atoms with E-state index in [2.05, 4.69) is 43.3 Å². The Balaban J connectivity index is 1.55. The highest BCUT2D eigenvalue weighted by atomic mass is 16.3. The molecule has 0 N–H and O–H groups in total. The average Bonchev–Trinajstić information content (AvgIpc) is 2.91. The second-order valence-corrected chi connectivity index (χ2v) is 7.45. The van der Waals surface area contributed by atoms with E-state index < -0.39 is 0 Å². The van der Waals surface area contributed by atoms with Gasteiger partial charge in [0.2, 0.25) is 0 Å². The molecule has 5 atom stereocenters. The number of nitrogens with zero attached hydrogens (tertiary/aromatic N) is 1. The molecule has 3 rings (SSSR count). The molecule has 0 bridgehead atoms. The number of hydrogen-bond acceptors (Lipinski definition) is 2. The first kappa shape index (κ1) is 14.7. The summed E-state index contributed by atoms with van der Waals surface area (Å²) in [5.41, 5.74) is 3.45. The van der Waals surface area contributed by atoms with E-state index in [1.54, 1.807) is 0 Å². The van der Waals surface area contributed by atoms with Gasteiger partial charge >= 0.3 is 0 Å². The van der Waals surface area contributed by atoms with Crippen LogP contribution in [0.3, 0.4) is 0 Å². The lowest BCUT2D eigenvalue weighted by Gasteiger charge is -2.19. The van der Waals surface area contributed by atoms with Gasteiger partial charge in [-0.25, -0.2) is 0 Å². The summed E-state index contributed by atoms with van der Waals surface area (Å²) in [4.78, 5) is 10.8. The van der Waals surface area contributed by atoms with Crippen LogP contribution in [0.2, 0.25) is 0 Å². The van der Waals surface area contributed by atoms with Gasteiger partial charge in [0.15, 0.2) is 0 Å². The number of hydrogen-bond donors (Lipinski definition) is 0. The van der Waals surface area contributed by atoms with Crippen LogP contribution >= 0.6 is 0 Å². The zero-order chi connectivity index (χ0) is 15.0. The fourth-order valence-corrected chi connectivity index (χ4v) is 5.15. The molecule has 2 fully saturated rings. The summed E-state index contributed by atoms with van der Waals surface area (Å²) in [7, 11) is 0. The van der Waals surface area contributed by atoms with Crippen LogP contribution in [0.5, 0.6) is 0 Å². The maximum absolute atomic E-state index is 10.8. The molecule has 2 nitrogen and oxygen atoms in total. The van der Waals surface area contributed by atoms with E-state index in [1.807, 2.05) is 6.92 Å². The molecule has 114 valence electrons. The molecular formula is C19H27NO. The van der Waals surface area contributed by atoms with E-state index in [0.717, 1.165) is 18.3 Å². The second kappa shape index (κ2) is 5.55. The lowest BCUT2D eigenvalue weighted by atomic mass is 9.87. The Morgan fingerprint density at radius 2 is 2.05 bits per heavy atom. The molecule has 0 radical (unpaired) electrons. The Kier molecular flexibility index (Phi) is 3.90. The molecule has 0 aromatic heterocycles. The summed E-state index contributed by atoms with van der Waals surface area (Å²) < 4.78 is 0. The molecule has 0 spiro atoms. The standard InChI is InChI=1S/C19H27NO/c1-4-15-7-5-6-8-16(15)10-9-14-11-17-18(13(2)20-21)19(17,3)12-14/h5-8,13-14,17-18H,4,9-12H2,1-3H3/t13?,14?,17?,18?,19-/m0/s1. The van der Waals surface area contributed by atoms with Gasteiger partial charge in [0.1, 0.15) is 0 Å². The molecule has 0 heterocycles. The monoisotopic (exact) mass is 285 g/mol. The van der Waals surface area contributed by atoms with Gasteiger partial charge < -0.3 is 0 Å². The van der Waals surface area contributed by atoms with Gasteiger partial charge in [0.25, 0.3) is 0 Å². The van der Waals surface area contributed by atoms with Crippen LogP contribution in [0.1, 0.15) is 51.2 Å². The van der Waals surface area contributed by atoms with Crippen molar-refractivity contribution in [1.82, 2.24) is 0 Å². The maximum atomic E-state index is 10.8. The normalized spacial score (nSPS) is 35.3. The maximum Gasteiger partial charge on any atom is 0.0927 e. The molecule has 1 aromatic carbocycles. The number of aryl methyl sites for hydroxylation is 2. The molecule has 0 aliphatic heterocycles. The minimum Gasteiger partial charge on any atom is -0.151 e. The number of nitroso groups, excluding NO2 is 1. The summed E-state index contributed by atoms with van der Waals surface area (Å²) >= 11 is 0. The van der Waals surface area contributed by atoms with Crippen LogP contribution in [0.15, 0.2) is 29.4 Å². The van der Waals surface area contributed by atoms with Crippen molar-refractivity contribution in [1.29, 1.82) is 0 Å². The van der Waals surface area contributed by atoms with Crippen LogP contribution in [0.4, 0.5) is 0 Å². The van der Waals surface area contributed by atoms with E-state index in [4.69, 9.17) is 0 Å².